The topological polar surface area (TPSA) is 75.6 Å². The third-order valence-corrected chi connectivity index (χ3v) is 3.48. The highest BCUT2D eigenvalue weighted by Gasteiger charge is 2.32. The van der Waals surface area contributed by atoms with E-state index in [4.69, 9.17) is 4.89 Å². The Morgan fingerprint density at radius 3 is 2.50 bits per heavy atom. The van der Waals surface area contributed by atoms with E-state index in [1.165, 1.54) is 0 Å². The van der Waals surface area contributed by atoms with Crippen LogP contribution in [0.25, 0.3) is 0 Å². The summed E-state index contributed by atoms with van der Waals surface area (Å²) >= 11 is 0. The standard InChI is InChI=1S/C5H11F2NO4P2/c1-2-3-4-5-12-14(7,11)8-13(6,9)10/h2-3H,4-5H2,1H3,(H2,8,9,10,11)/b3-2+. The van der Waals surface area contributed by atoms with Crippen molar-refractivity contribution in [2.24, 2.45) is 0 Å². The molecule has 2 atom stereocenters. The molecule has 14 heavy (non-hydrogen) atoms. The fraction of sp³-hybridized carbons (Fsp3) is 0.600. The molecule has 0 aliphatic rings. The largest absolute Gasteiger partial charge is 0.452 e. The van der Waals surface area contributed by atoms with Gasteiger partial charge in [0, 0.05) is 0 Å². The van der Waals surface area contributed by atoms with Gasteiger partial charge in [-0.25, -0.2) is 9.13 Å². The van der Waals surface area contributed by atoms with E-state index in [1.54, 1.807) is 19.1 Å². The second-order valence-corrected chi connectivity index (χ2v) is 5.29. The molecule has 0 heterocycles. The number of allylic oxidation sites excluding steroid dienone is 1. The van der Waals surface area contributed by atoms with Crippen LogP contribution in [0.1, 0.15) is 13.3 Å². The van der Waals surface area contributed by atoms with Crippen LogP contribution in [-0.4, -0.2) is 11.5 Å². The minimum atomic E-state index is -5.37. The summed E-state index contributed by atoms with van der Waals surface area (Å²) in [5.41, 5.74) is 0. The maximum Gasteiger partial charge on any atom is 0.452 e. The van der Waals surface area contributed by atoms with E-state index in [2.05, 4.69) is 4.52 Å². The Morgan fingerprint density at radius 2 is 2.07 bits per heavy atom. The highest BCUT2D eigenvalue weighted by molar-refractivity contribution is 7.66. The Labute approximate surface area is 80.4 Å². The van der Waals surface area contributed by atoms with Gasteiger partial charge in [0.1, 0.15) is 0 Å². The Bertz CT molecular complexity index is 289. The van der Waals surface area contributed by atoms with E-state index in [0.717, 1.165) is 4.86 Å². The van der Waals surface area contributed by atoms with Crippen molar-refractivity contribution in [3.63, 3.8) is 0 Å². The highest BCUT2D eigenvalue weighted by atomic mass is 31.3. The Morgan fingerprint density at radius 1 is 1.50 bits per heavy atom. The predicted octanol–water partition coefficient (Wildman–Crippen LogP) is 2.71. The van der Waals surface area contributed by atoms with E-state index in [9.17, 15) is 17.5 Å². The zero-order chi connectivity index (χ0) is 11.2. The van der Waals surface area contributed by atoms with Crippen LogP contribution in [0.2, 0.25) is 0 Å². The van der Waals surface area contributed by atoms with E-state index < -0.39 is 15.7 Å². The van der Waals surface area contributed by atoms with Gasteiger partial charge in [0.2, 0.25) is 0 Å². The summed E-state index contributed by atoms with van der Waals surface area (Å²) in [5.74, 6) is 0. The maximum atomic E-state index is 12.6. The summed E-state index contributed by atoms with van der Waals surface area (Å²) in [7, 11) is -10.4. The number of halogens is 2. The summed E-state index contributed by atoms with van der Waals surface area (Å²) < 4.78 is 49.2. The van der Waals surface area contributed by atoms with Crippen LogP contribution in [0.3, 0.4) is 0 Å². The summed E-state index contributed by atoms with van der Waals surface area (Å²) in [6.07, 6.45) is 3.54. The SMILES string of the molecule is C/C=C/CCOP(=O)(F)NP(=O)(O)F. The highest BCUT2D eigenvalue weighted by Crippen LogP contribution is 2.55. The minimum absolute atomic E-state index is 0.272. The van der Waals surface area contributed by atoms with Gasteiger partial charge in [-0.3, -0.25) is 4.52 Å². The Balaban J connectivity index is 3.96. The zero-order valence-corrected chi connectivity index (χ0v) is 9.18. The molecule has 2 unspecified atom stereocenters. The van der Waals surface area contributed by atoms with Crippen LogP contribution in [0.15, 0.2) is 12.2 Å². The quantitative estimate of drug-likeness (QED) is 0.430. The van der Waals surface area contributed by atoms with Gasteiger partial charge in [0.15, 0.2) is 0 Å². The van der Waals surface area contributed by atoms with Crippen molar-refractivity contribution in [1.82, 2.24) is 4.86 Å². The average Bonchev–Trinajstić information content (AvgIpc) is 1.93. The lowest BCUT2D eigenvalue weighted by Crippen LogP contribution is -2.04. The van der Waals surface area contributed by atoms with Crippen molar-refractivity contribution in [3.8, 4) is 0 Å². The van der Waals surface area contributed by atoms with E-state index >= 15 is 0 Å². The van der Waals surface area contributed by atoms with Gasteiger partial charge in [0.05, 0.1) is 6.61 Å². The molecule has 0 aromatic heterocycles. The van der Waals surface area contributed by atoms with Crippen molar-refractivity contribution >= 4 is 15.7 Å². The second kappa shape index (κ2) is 5.73. The summed E-state index contributed by atoms with van der Waals surface area (Å²) in [6.45, 7) is 1.45. The fourth-order valence-electron chi connectivity index (χ4n) is 0.581. The Kier molecular flexibility index (Phi) is 5.71. The first-order valence-corrected chi connectivity index (χ1v) is 6.71. The second-order valence-electron chi connectivity index (χ2n) is 2.27. The van der Waals surface area contributed by atoms with Gasteiger partial charge in [-0.15, -0.1) is 13.3 Å². The van der Waals surface area contributed by atoms with Gasteiger partial charge in [0.25, 0.3) is 0 Å². The number of nitrogens with one attached hydrogen (secondary N) is 1. The molecule has 0 saturated carbocycles. The van der Waals surface area contributed by atoms with Gasteiger partial charge in [-0.1, -0.05) is 12.2 Å². The summed E-state index contributed by atoms with van der Waals surface area (Å²) in [5, 5.41) is 0. The third kappa shape index (κ3) is 8.53. The molecule has 2 N–H and O–H groups in total. The molecular weight excluding hydrogens is 238 g/mol. The molecule has 0 aromatic rings. The molecular formula is C5H11F2NO4P2. The molecule has 0 aliphatic carbocycles. The van der Waals surface area contributed by atoms with E-state index in [0.29, 0.717) is 0 Å². The summed E-state index contributed by atoms with van der Waals surface area (Å²) in [6, 6.07) is 0. The number of hydrogen-bond donors (Lipinski definition) is 2. The molecule has 5 nitrogen and oxygen atoms in total. The summed E-state index contributed by atoms with van der Waals surface area (Å²) in [4.78, 5) is 8.79. The van der Waals surface area contributed by atoms with Crippen molar-refractivity contribution in [3.05, 3.63) is 12.2 Å². The first-order valence-electron chi connectivity index (χ1n) is 3.64. The first kappa shape index (κ1) is 13.9. The molecule has 0 aliphatic heterocycles. The monoisotopic (exact) mass is 249 g/mol. The van der Waals surface area contributed by atoms with Crippen molar-refractivity contribution in [2.75, 3.05) is 6.61 Å². The number of rotatable bonds is 6. The van der Waals surface area contributed by atoms with E-state index in [-0.39, 0.29) is 13.0 Å². The van der Waals surface area contributed by atoms with Crippen LogP contribution in [-0.2, 0) is 13.7 Å². The van der Waals surface area contributed by atoms with Crippen molar-refractivity contribution < 1.29 is 26.9 Å². The first-order chi connectivity index (χ1) is 6.27. The molecule has 0 aromatic carbocycles. The molecule has 0 fully saturated rings. The average molecular weight is 249 g/mol. The molecule has 0 saturated heterocycles. The van der Waals surface area contributed by atoms with E-state index in [1.807, 2.05) is 0 Å². The molecule has 0 spiro atoms. The predicted molar refractivity (Wildman–Crippen MR) is 48.2 cm³/mol. The van der Waals surface area contributed by atoms with Crippen LogP contribution in [0, 0.1) is 0 Å². The lowest BCUT2D eigenvalue weighted by atomic mass is 10.4. The molecule has 0 bridgehead atoms. The normalized spacial score (nSPS) is 20.6. The fourth-order valence-corrected chi connectivity index (χ4v) is 2.33. The van der Waals surface area contributed by atoms with Crippen molar-refractivity contribution in [1.29, 1.82) is 0 Å². The maximum absolute atomic E-state index is 12.6. The van der Waals surface area contributed by atoms with Gasteiger partial charge in [-0.2, -0.15) is 0 Å². The molecule has 84 valence electrons. The third-order valence-electron chi connectivity index (χ3n) is 1.02. The lowest BCUT2D eigenvalue weighted by Gasteiger charge is -2.09. The zero-order valence-electron chi connectivity index (χ0n) is 7.39. The van der Waals surface area contributed by atoms with Crippen LogP contribution in [0.5, 0.6) is 0 Å². The van der Waals surface area contributed by atoms with Crippen LogP contribution >= 0.6 is 15.7 Å². The molecule has 0 rings (SSSR count). The lowest BCUT2D eigenvalue weighted by molar-refractivity contribution is 0.286. The molecule has 0 radical (unpaired) electrons. The van der Waals surface area contributed by atoms with Gasteiger partial charge in [-0.05, 0) is 13.3 Å². The van der Waals surface area contributed by atoms with Crippen LogP contribution in [0.4, 0.5) is 8.39 Å². The van der Waals surface area contributed by atoms with Crippen molar-refractivity contribution in [2.45, 2.75) is 13.3 Å². The Hall–Kier alpha value is -0.0600. The minimum Gasteiger partial charge on any atom is -0.309 e. The molecule has 0 amide bonds. The van der Waals surface area contributed by atoms with Gasteiger partial charge < -0.3 is 4.89 Å². The van der Waals surface area contributed by atoms with Crippen LogP contribution < -0.4 is 4.86 Å². The molecule has 9 heteroatoms. The smallest absolute Gasteiger partial charge is 0.309 e. The number of hydrogen-bond acceptors (Lipinski definition) is 3. The van der Waals surface area contributed by atoms with Gasteiger partial charge >= 0.3 is 15.7 Å².